The number of halogens is 1. The molecule has 8 heteroatoms. The Labute approximate surface area is 209 Å². The van der Waals surface area contributed by atoms with Crippen LogP contribution in [0.4, 0.5) is 10.5 Å². The number of hydrogen-bond acceptors (Lipinski definition) is 4. The van der Waals surface area contributed by atoms with Crippen molar-refractivity contribution in [1.29, 1.82) is 0 Å². The van der Waals surface area contributed by atoms with Gasteiger partial charge in [-0.05, 0) is 67.5 Å². The van der Waals surface area contributed by atoms with Gasteiger partial charge in [-0.15, -0.1) is 0 Å². The van der Waals surface area contributed by atoms with E-state index in [0.29, 0.717) is 24.5 Å². The number of aryl methyl sites for hydroxylation is 2. The van der Waals surface area contributed by atoms with Crippen molar-refractivity contribution in [2.24, 2.45) is 0 Å². The Bertz CT molecular complexity index is 1010. The van der Waals surface area contributed by atoms with Gasteiger partial charge in [-0.2, -0.15) is 8.42 Å². The summed E-state index contributed by atoms with van der Waals surface area (Å²) in [6, 6.07) is 13.7. The minimum Gasteiger partial charge on any atom is -0.320 e. The monoisotopic (exact) mass is 508 g/mol. The molecule has 0 fully saturated rings. The van der Waals surface area contributed by atoms with E-state index >= 15 is 0 Å². The smallest absolute Gasteiger partial charge is 0.320 e. The average molecular weight is 509 g/mol. The van der Waals surface area contributed by atoms with Crippen molar-refractivity contribution in [2.45, 2.75) is 65.3 Å². The second-order valence-electron chi connectivity index (χ2n) is 8.67. The minimum absolute atomic E-state index is 0.152. The molecule has 2 aromatic rings. The van der Waals surface area contributed by atoms with E-state index in [4.69, 9.17) is 15.8 Å². The van der Waals surface area contributed by atoms with E-state index in [9.17, 15) is 13.2 Å². The predicted octanol–water partition coefficient (Wildman–Crippen LogP) is 6.56. The molecule has 0 saturated heterocycles. The number of benzene rings is 2. The van der Waals surface area contributed by atoms with Crippen LogP contribution in [0, 0.1) is 6.92 Å². The van der Waals surface area contributed by atoms with Crippen molar-refractivity contribution >= 4 is 33.4 Å². The molecule has 188 valence electrons. The molecule has 0 heterocycles. The zero-order valence-corrected chi connectivity index (χ0v) is 22.1. The fourth-order valence-corrected chi connectivity index (χ4v) is 4.24. The Hall–Kier alpha value is -2.09. The molecule has 0 spiro atoms. The molecule has 6 nitrogen and oxygen atoms in total. The summed E-state index contributed by atoms with van der Waals surface area (Å²) in [5.41, 5.74) is 4.05. The highest BCUT2D eigenvalue weighted by atomic mass is 35.5. The summed E-state index contributed by atoms with van der Waals surface area (Å²) < 4.78 is 26.9. The third kappa shape index (κ3) is 10.9. The average Bonchev–Trinajstić information content (AvgIpc) is 2.78. The maximum atomic E-state index is 13.1. The highest BCUT2D eigenvalue weighted by Gasteiger charge is 2.15. The van der Waals surface area contributed by atoms with Gasteiger partial charge >= 0.3 is 6.03 Å². The van der Waals surface area contributed by atoms with Gasteiger partial charge in [0, 0.05) is 23.8 Å². The van der Waals surface area contributed by atoms with Crippen molar-refractivity contribution in [2.75, 3.05) is 24.7 Å². The van der Waals surface area contributed by atoms with Gasteiger partial charge in [0.1, 0.15) is 0 Å². The van der Waals surface area contributed by atoms with Gasteiger partial charge in [-0.3, -0.25) is 4.18 Å². The van der Waals surface area contributed by atoms with Crippen LogP contribution >= 0.6 is 11.6 Å². The fourth-order valence-electron chi connectivity index (χ4n) is 3.60. The Morgan fingerprint density at radius 1 is 1.00 bits per heavy atom. The molecule has 0 radical (unpaired) electrons. The maximum Gasteiger partial charge on any atom is 0.322 e. The van der Waals surface area contributed by atoms with E-state index in [1.165, 1.54) is 18.4 Å². The van der Waals surface area contributed by atoms with Crippen LogP contribution < -0.4 is 5.32 Å². The van der Waals surface area contributed by atoms with Crippen LogP contribution in [0.1, 0.15) is 62.1 Å². The highest BCUT2D eigenvalue weighted by molar-refractivity contribution is 7.85. The van der Waals surface area contributed by atoms with Crippen LogP contribution in [-0.2, 0) is 27.3 Å². The summed E-state index contributed by atoms with van der Waals surface area (Å²) >= 11 is 6.05. The molecule has 34 heavy (non-hydrogen) atoms. The Morgan fingerprint density at radius 3 is 2.32 bits per heavy atom. The molecule has 0 atom stereocenters. The van der Waals surface area contributed by atoms with Gasteiger partial charge in [0.25, 0.3) is 10.1 Å². The maximum absolute atomic E-state index is 13.1. The zero-order valence-electron chi connectivity index (χ0n) is 20.5. The molecule has 0 aliphatic carbocycles. The van der Waals surface area contributed by atoms with E-state index in [-0.39, 0.29) is 12.6 Å². The molecule has 0 aromatic heterocycles. The number of unbranched alkanes of at least 4 members (excludes halogenated alkanes) is 4. The predicted molar refractivity (Wildman–Crippen MR) is 140 cm³/mol. The van der Waals surface area contributed by atoms with Gasteiger partial charge in [-0.1, -0.05) is 62.1 Å². The first kappa shape index (κ1) is 28.1. The van der Waals surface area contributed by atoms with Crippen molar-refractivity contribution in [3.63, 3.8) is 0 Å². The lowest BCUT2D eigenvalue weighted by Crippen LogP contribution is -2.35. The van der Waals surface area contributed by atoms with Gasteiger partial charge < -0.3 is 10.2 Å². The van der Waals surface area contributed by atoms with Gasteiger partial charge in [-0.25, -0.2) is 4.79 Å². The van der Waals surface area contributed by atoms with Gasteiger partial charge in [0.2, 0.25) is 0 Å². The van der Waals surface area contributed by atoms with Crippen molar-refractivity contribution < 1.29 is 17.4 Å². The van der Waals surface area contributed by atoms with Crippen LogP contribution in [0.3, 0.4) is 0 Å². The Morgan fingerprint density at radius 2 is 1.68 bits per heavy atom. The topological polar surface area (TPSA) is 75.7 Å². The van der Waals surface area contributed by atoms with Crippen LogP contribution in [0.25, 0.3) is 0 Å². The van der Waals surface area contributed by atoms with E-state index in [1.807, 2.05) is 24.0 Å². The molecule has 2 rings (SSSR count). The highest BCUT2D eigenvalue weighted by Crippen LogP contribution is 2.21. The standard InChI is InChI=1S/C26H37ClN2O4S/c1-4-5-10-22-11-13-23(14-12-22)20-29(17-8-6-7-9-18-33-34(3,31)32)26(30)28-25-16-15-24(27)19-21(25)2/h11-16,19H,4-10,17-18,20H2,1-3H3,(H,28,30). The summed E-state index contributed by atoms with van der Waals surface area (Å²) in [6.45, 7) is 5.42. The first-order valence-corrected chi connectivity index (χ1v) is 14.1. The lowest BCUT2D eigenvalue weighted by molar-refractivity contribution is 0.207. The van der Waals surface area contributed by atoms with E-state index < -0.39 is 10.1 Å². The normalized spacial score (nSPS) is 11.4. The van der Waals surface area contributed by atoms with E-state index in [0.717, 1.165) is 48.8 Å². The summed E-state index contributed by atoms with van der Waals surface area (Å²) in [5.74, 6) is 0. The molecule has 2 amide bonds. The van der Waals surface area contributed by atoms with Crippen molar-refractivity contribution in [3.05, 3.63) is 64.2 Å². The molecule has 0 bridgehead atoms. The molecular formula is C26H37ClN2O4S. The third-order valence-corrected chi connectivity index (χ3v) is 6.38. The minimum atomic E-state index is -3.39. The number of anilines is 1. The van der Waals surface area contributed by atoms with Crippen LogP contribution in [0.5, 0.6) is 0 Å². The SMILES string of the molecule is CCCCc1ccc(CN(CCCCCCOS(C)(=O)=O)C(=O)Nc2ccc(Cl)cc2C)cc1. The third-order valence-electron chi connectivity index (χ3n) is 5.55. The number of rotatable bonds is 14. The zero-order chi connectivity index (χ0) is 25.0. The number of carbonyl (C=O) groups excluding carboxylic acids is 1. The second-order valence-corrected chi connectivity index (χ2v) is 10.8. The van der Waals surface area contributed by atoms with E-state index in [2.05, 4.69) is 36.5 Å². The number of nitrogens with one attached hydrogen (secondary N) is 1. The first-order chi connectivity index (χ1) is 16.2. The van der Waals surface area contributed by atoms with Crippen LogP contribution in [-0.4, -0.2) is 38.8 Å². The first-order valence-electron chi connectivity index (χ1n) is 11.9. The number of nitrogens with zero attached hydrogens (tertiary/aromatic N) is 1. The molecule has 0 saturated carbocycles. The molecule has 0 unspecified atom stereocenters. The molecular weight excluding hydrogens is 472 g/mol. The van der Waals surface area contributed by atoms with Crippen molar-refractivity contribution in [3.8, 4) is 0 Å². The van der Waals surface area contributed by atoms with Gasteiger partial charge in [0.05, 0.1) is 12.9 Å². The largest absolute Gasteiger partial charge is 0.322 e. The molecule has 0 aliphatic rings. The molecule has 2 aromatic carbocycles. The quantitative estimate of drug-likeness (QED) is 0.231. The second kappa shape index (κ2) is 14.3. The Balaban J connectivity index is 1.97. The number of urea groups is 1. The number of carbonyl (C=O) groups is 1. The summed E-state index contributed by atoms with van der Waals surface area (Å²) in [5, 5.41) is 3.65. The summed E-state index contributed by atoms with van der Waals surface area (Å²) in [4.78, 5) is 15.0. The van der Waals surface area contributed by atoms with Gasteiger partial charge in [0.15, 0.2) is 0 Å². The number of amides is 2. The number of hydrogen-bond donors (Lipinski definition) is 1. The van der Waals surface area contributed by atoms with Crippen LogP contribution in [0.15, 0.2) is 42.5 Å². The summed E-state index contributed by atoms with van der Waals surface area (Å²) in [7, 11) is -3.39. The van der Waals surface area contributed by atoms with Crippen LogP contribution in [0.2, 0.25) is 5.02 Å². The molecule has 1 N–H and O–H groups in total. The van der Waals surface area contributed by atoms with Crippen molar-refractivity contribution in [1.82, 2.24) is 4.90 Å². The van der Waals surface area contributed by atoms with E-state index in [1.54, 1.807) is 6.07 Å². The molecule has 0 aliphatic heterocycles. The lowest BCUT2D eigenvalue weighted by atomic mass is 10.1. The summed E-state index contributed by atoms with van der Waals surface area (Å²) in [6.07, 6.45) is 7.68. The lowest BCUT2D eigenvalue weighted by Gasteiger charge is -2.24. The Kier molecular flexibility index (Phi) is 11.9. The fraction of sp³-hybridized carbons (Fsp3) is 0.500.